The minimum Gasteiger partial charge on any atom is -0.379 e. The highest BCUT2D eigenvalue weighted by molar-refractivity contribution is 8.13. The molecule has 0 radical (unpaired) electrons. The minimum absolute atomic E-state index is 0.134. The van der Waals surface area contributed by atoms with Crippen LogP contribution in [-0.2, 0) is 20.5 Å². The highest BCUT2D eigenvalue weighted by atomic mass is 35.5. The number of benzene rings is 2. The van der Waals surface area contributed by atoms with Crippen molar-refractivity contribution in [2.45, 2.75) is 10.6 Å². The predicted octanol–water partition coefficient (Wildman–Crippen LogP) is 3.25. The largest absolute Gasteiger partial charge is 0.379 e. The number of aliphatic imine (C=N–C) groups is 1. The number of nitrogens with zero attached hydrogens (tertiary/aromatic N) is 3. The molecule has 0 unspecified atom stereocenters. The topological polar surface area (TPSA) is 79.3 Å². The van der Waals surface area contributed by atoms with Crippen molar-refractivity contribution in [3.8, 4) is 0 Å². The summed E-state index contributed by atoms with van der Waals surface area (Å²) in [6.45, 7) is 2.19. The maximum atomic E-state index is 14.0. The van der Waals surface area contributed by atoms with Crippen LogP contribution in [0.2, 0.25) is 5.02 Å². The molecule has 7 nitrogen and oxygen atoms in total. The van der Waals surface area contributed by atoms with E-state index in [1.54, 1.807) is 6.07 Å². The monoisotopic (exact) mass is 497 g/mol. The van der Waals surface area contributed by atoms with Crippen LogP contribution in [0.15, 0.2) is 52.4 Å². The predicted molar refractivity (Wildman–Crippen MR) is 122 cm³/mol. The summed E-state index contributed by atoms with van der Waals surface area (Å²) in [4.78, 5) is 19.0. The molecule has 0 bridgehead atoms. The fourth-order valence-electron chi connectivity index (χ4n) is 3.41. The van der Waals surface area contributed by atoms with E-state index in [2.05, 4.69) is 4.99 Å². The number of ether oxygens (including phenoxy) is 1. The Morgan fingerprint density at radius 3 is 2.53 bits per heavy atom. The third kappa shape index (κ3) is 4.84. The van der Waals surface area contributed by atoms with Crippen molar-refractivity contribution in [2.24, 2.45) is 4.99 Å². The van der Waals surface area contributed by atoms with Gasteiger partial charge in [0.2, 0.25) is 10.0 Å². The van der Waals surface area contributed by atoms with Gasteiger partial charge in [-0.05, 0) is 36.4 Å². The molecule has 32 heavy (non-hydrogen) atoms. The zero-order valence-electron chi connectivity index (χ0n) is 17.0. The summed E-state index contributed by atoms with van der Waals surface area (Å²) in [5, 5.41) is 0.811. The molecular weight excluding hydrogens is 477 g/mol. The second-order valence-corrected chi connectivity index (χ2v) is 10.4. The van der Waals surface area contributed by atoms with Crippen molar-refractivity contribution >= 4 is 44.5 Å². The Morgan fingerprint density at radius 1 is 1.12 bits per heavy atom. The van der Waals surface area contributed by atoms with Crippen LogP contribution in [0.4, 0.5) is 4.39 Å². The number of carbonyl (C=O) groups is 1. The summed E-state index contributed by atoms with van der Waals surface area (Å²) in [5.74, 6) is -0.451. The van der Waals surface area contributed by atoms with Crippen LogP contribution in [-0.4, -0.2) is 68.1 Å². The summed E-state index contributed by atoms with van der Waals surface area (Å²) < 4.78 is 46.2. The Labute approximate surface area is 195 Å². The molecule has 2 aliphatic rings. The summed E-state index contributed by atoms with van der Waals surface area (Å²) in [6.07, 6.45) is 0. The molecule has 0 atom stereocenters. The minimum atomic E-state index is -3.63. The van der Waals surface area contributed by atoms with Crippen LogP contribution in [0.1, 0.15) is 15.9 Å². The fraction of sp³-hybridized carbons (Fsp3) is 0.333. The molecule has 0 saturated carbocycles. The number of morpholine rings is 1. The Kier molecular flexibility index (Phi) is 7.16. The lowest BCUT2D eigenvalue weighted by Gasteiger charge is -2.26. The lowest BCUT2D eigenvalue weighted by atomic mass is 10.2. The molecule has 0 aliphatic carbocycles. The van der Waals surface area contributed by atoms with Gasteiger partial charge in [-0.2, -0.15) is 4.31 Å². The number of hydrogen-bond donors (Lipinski definition) is 0. The first-order valence-electron chi connectivity index (χ1n) is 9.98. The van der Waals surface area contributed by atoms with E-state index in [1.165, 1.54) is 57.4 Å². The Hall–Kier alpha value is -1.98. The quantitative estimate of drug-likeness (QED) is 0.633. The molecule has 2 aromatic rings. The van der Waals surface area contributed by atoms with E-state index in [9.17, 15) is 17.6 Å². The van der Waals surface area contributed by atoms with Gasteiger partial charge in [0.25, 0.3) is 5.91 Å². The molecule has 11 heteroatoms. The van der Waals surface area contributed by atoms with Gasteiger partial charge in [0.1, 0.15) is 5.82 Å². The van der Waals surface area contributed by atoms with Crippen LogP contribution < -0.4 is 0 Å². The summed E-state index contributed by atoms with van der Waals surface area (Å²) in [5.41, 5.74) is 0.712. The normalized spacial score (nSPS) is 17.4. The maximum Gasteiger partial charge on any atom is 0.259 e. The lowest BCUT2D eigenvalue weighted by molar-refractivity contribution is 0.0730. The number of hydrogen-bond acceptors (Lipinski definition) is 6. The van der Waals surface area contributed by atoms with Crippen molar-refractivity contribution < 1.29 is 22.3 Å². The third-order valence-electron chi connectivity index (χ3n) is 5.16. The third-order valence-corrected chi connectivity index (χ3v) is 8.47. The van der Waals surface area contributed by atoms with Crippen LogP contribution >= 0.6 is 23.4 Å². The number of carbonyl (C=O) groups excluding carboxylic acids is 1. The standard InChI is InChI=1S/C21H21ClFN3O4S2/c22-18-2-1-3-19(23)17(18)14-31-21-24-8-9-26(21)20(27)15-4-6-16(7-5-15)32(28,29)25-10-12-30-13-11-25/h1-7H,8-14H2. The van der Waals surface area contributed by atoms with E-state index >= 15 is 0 Å². The number of rotatable bonds is 5. The molecule has 0 N–H and O–H groups in total. The average Bonchev–Trinajstić information content (AvgIpc) is 3.27. The highest BCUT2D eigenvalue weighted by Gasteiger charge is 2.28. The molecule has 2 heterocycles. The number of sulfonamides is 1. The van der Waals surface area contributed by atoms with Crippen molar-refractivity contribution in [1.82, 2.24) is 9.21 Å². The average molecular weight is 498 g/mol. The van der Waals surface area contributed by atoms with E-state index in [1.807, 2.05) is 0 Å². The fourth-order valence-corrected chi connectivity index (χ4v) is 6.20. The second-order valence-electron chi connectivity index (χ2n) is 7.15. The maximum absolute atomic E-state index is 14.0. The first kappa shape index (κ1) is 23.2. The Balaban J connectivity index is 1.45. The van der Waals surface area contributed by atoms with Crippen molar-refractivity contribution in [1.29, 1.82) is 0 Å². The van der Waals surface area contributed by atoms with Gasteiger partial charge < -0.3 is 4.74 Å². The van der Waals surface area contributed by atoms with E-state index < -0.39 is 15.8 Å². The van der Waals surface area contributed by atoms with Crippen LogP contribution in [0.25, 0.3) is 0 Å². The van der Waals surface area contributed by atoms with Crippen molar-refractivity contribution in [3.05, 3.63) is 64.4 Å². The van der Waals surface area contributed by atoms with Gasteiger partial charge in [-0.3, -0.25) is 14.7 Å². The summed E-state index contributed by atoms with van der Waals surface area (Å²) in [7, 11) is -3.63. The molecule has 1 saturated heterocycles. The molecular formula is C21H21ClFN3O4S2. The molecule has 4 rings (SSSR count). The van der Waals surface area contributed by atoms with E-state index in [4.69, 9.17) is 16.3 Å². The molecule has 0 aromatic heterocycles. The number of amidine groups is 1. The molecule has 1 fully saturated rings. The Morgan fingerprint density at radius 2 is 1.84 bits per heavy atom. The molecule has 170 valence electrons. The first-order chi connectivity index (χ1) is 15.4. The van der Waals surface area contributed by atoms with Crippen LogP contribution in [0.3, 0.4) is 0 Å². The van der Waals surface area contributed by atoms with Crippen molar-refractivity contribution in [2.75, 3.05) is 39.4 Å². The van der Waals surface area contributed by atoms with Gasteiger partial charge in [-0.1, -0.05) is 29.4 Å². The second kappa shape index (κ2) is 9.88. The zero-order valence-corrected chi connectivity index (χ0v) is 19.4. The van der Waals surface area contributed by atoms with Crippen LogP contribution in [0.5, 0.6) is 0 Å². The molecule has 2 aliphatic heterocycles. The number of thioether (sulfide) groups is 1. The number of amides is 1. The van der Waals surface area contributed by atoms with Gasteiger partial charge in [0.05, 0.1) is 24.7 Å². The van der Waals surface area contributed by atoms with Crippen LogP contribution in [0, 0.1) is 5.82 Å². The SMILES string of the molecule is O=C(c1ccc(S(=O)(=O)N2CCOCC2)cc1)N1CCN=C1SCc1c(F)cccc1Cl. The van der Waals surface area contributed by atoms with E-state index in [-0.39, 0.29) is 16.6 Å². The summed E-state index contributed by atoms with van der Waals surface area (Å²) in [6, 6.07) is 10.4. The van der Waals surface area contributed by atoms with Gasteiger partial charge in [0.15, 0.2) is 5.17 Å². The smallest absolute Gasteiger partial charge is 0.259 e. The van der Waals surface area contributed by atoms with Gasteiger partial charge in [0, 0.05) is 41.5 Å². The summed E-state index contributed by atoms with van der Waals surface area (Å²) >= 11 is 7.32. The van der Waals surface area contributed by atoms with Gasteiger partial charge >= 0.3 is 0 Å². The van der Waals surface area contributed by atoms with E-state index in [0.29, 0.717) is 60.7 Å². The lowest BCUT2D eigenvalue weighted by Crippen LogP contribution is -2.40. The molecule has 1 amide bonds. The number of halogens is 2. The molecule has 2 aromatic carbocycles. The zero-order chi connectivity index (χ0) is 22.7. The Bertz CT molecular complexity index is 1120. The van der Waals surface area contributed by atoms with Gasteiger partial charge in [-0.25, -0.2) is 12.8 Å². The van der Waals surface area contributed by atoms with Gasteiger partial charge in [-0.15, -0.1) is 0 Å². The van der Waals surface area contributed by atoms with Crippen molar-refractivity contribution in [3.63, 3.8) is 0 Å². The highest BCUT2D eigenvalue weighted by Crippen LogP contribution is 2.27. The molecule has 0 spiro atoms. The van der Waals surface area contributed by atoms with E-state index in [0.717, 1.165) is 0 Å². The first-order valence-corrected chi connectivity index (χ1v) is 12.8.